The fraction of sp³-hybridized carbons (Fsp3) is 0.348. The minimum atomic E-state index is -0.313. The Morgan fingerprint density at radius 3 is 2.91 bits per heavy atom. The molecule has 0 unspecified atom stereocenters. The van der Waals surface area contributed by atoms with Crippen molar-refractivity contribution in [3.63, 3.8) is 0 Å². The van der Waals surface area contributed by atoms with Crippen molar-refractivity contribution in [2.24, 2.45) is 4.99 Å². The highest BCUT2D eigenvalue weighted by Gasteiger charge is 2.36. The molecular weight excluding hydrogens is 432 g/mol. The molecule has 1 amide bonds. The second kappa shape index (κ2) is 8.55. The summed E-state index contributed by atoms with van der Waals surface area (Å²) in [5.74, 6) is 0.306. The number of piperidine rings is 1. The van der Waals surface area contributed by atoms with Crippen molar-refractivity contribution in [3.05, 3.63) is 65.0 Å². The first kappa shape index (κ1) is 21.0. The monoisotopic (exact) mass is 455 g/mol. The molecule has 1 saturated heterocycles. The van der Waals surface area contributed by atoms with E-state index < -0.39 is 0 Å². The Balaban J connectivity index is 1.39. The summed E-state index contributed by atoms with van der Waals surface area (Å²) in [5.41, 5.74) is 2.06. The highest BCUT2D eigenvalue weighted by atomic mass is 32.1. The van der Waals surface area contributed by atoms with Gasteiger partial charge >= 0.3 is 0 Å². The number of halogens is 2. The van der Waals surface area contributed by atoms with Gasteiger partial charge in [-0.3, -0.25) is 4.79 Å². The Bertz CT molecular complexity index is 1120. The zero-order chi connectivity index (χ0) is 22.2. The number of carbonyl (C=O) groups is 1. The van der Waals surface area contributed by atoms with E-state index in [0.717, 1.165) is 46.2 Å². The number of hydrogen-bond donors (Lipinski definition) is 0. The Hall–Kier alpha value is -2.91. The molecule has 3 aliphatic rings. The second-order valence-corrected chi connectivity index (χ2v) is 9.39. The van der Waals surface area contributed by atoms with Gasteiger partial charge in [0.25, 0.3) is 11.7 Å². The second-order valence-electron chi connectivity index (χ2n) is 8.19. The van der Waals surface area contributed by atoms with Crippen LogP contribution < -0.4 is 4.90 Å². The number of thiazole rings is 1. The van der Waals surface area contributed by atoms with Gasteiger partial charge in [0.1, 0.15) is 17.2 Å². The third kappa shape index (κ3) is 4.10. The summed E-state index contributed by atoms with van der Waals surface area (Å²) in [4.78, 5) is 27.2. The summed E-state index contributed by atoms with van der Waals surface area (Å²) >= 11 is 1.44. The maximum absolute atomic E-state index is 13.6. The van der Waals surface area contributed by atoms with Gasteiger partial charge in [0.05, 0.1) is 9.88 Å². The SMILES string of the molecule is Cc1nc(C(=O)N2CCCC[C@H]2CC2=C[N+]3CN(F)C=CC3=N2)c(-c2ccc(F)cc2)s1. The summed E-state index contributed by atoms with van der Waals surface area (Å²) < 4.78 is 26.9. The number of likely N-dealkylation sites (tertiary alicyclic amines) is 1. The van der Waals surface area contributed by atoms with Gasteiger partial charge in [-0.15, -0.1) is 11.3 Å². The Morgan fingerprint density at radius 1 is 1.28 bits per heavy atom. The average Bonchev–Trinajstić information content (AvgIpc) is 3.36. The minimum Gasteiger partial charge on any atom is -0.334 e. The number of fused-ring (bicyclic) bond motifs is 1. The van der Waals surface area contributed by atoms with Crippen molar-refractivity contribution >= 4 is 23.1 Å². The fourth-order valence-corrected chi connectivity index (χ4v) is 5.31. The van der Waals surface area contributed by atoms with Crippen LogP contribution in [0.1, 0.15) is 41.2 Å². The number of amides is 1. The maximum Gasteiger partial charge on any atom is 0.285 e. The molecule has 1 atom stereocenters. The van der Waals surface area contributed by atoms with Crippen molar-refractivity contribution in [3.8, 4) is 10.4 Å². The lowest BCUT2D eigenvalue weighted by molar-refractivity contribution is 0.0608. The molecule has 1 radical (unpaired) electrons. The van der Waals surface area contributed by atoms with E-state index >= 15 is 0 Å². The summed E-state index contributed by atoms with van der Waals surface area (Å²) in [6.07, 6.45) is 8.35. The fourth-order valence-electron chi connectivity index (χ4n) is 4.40. The van der Waals surface area contributed by atoms with E-state index in [0.29, 0.717) is 23.8 Å². The van der Waals surface area contributed by atoms with Gasteiger partial charge in [-0.2, -0.15) is 10.1 Å². The zero-order valence-electron chi connectivity index (χ0n) is 17.7. The highest BCUT2D eigenvalue weighted by molar-refractivity contribution is 7.15. The van der Waals surface area contributed by atoms with Gasteiger partial charge in [-0.05, 0) is 43.9 Å². The van der Waals surface area contributed by atoms with Crippen LogP contribution in [0.15, 0.2) is 53.4 Å². The molecule has 1 aromatic carbocycles. The highest BCUT2D eigenvalue weighted by Crippen LogP contribution is 2.34. The molecule has 6 nitrogen and oxygen atoms in total. The minimum absolute atomic E-state index is 0.00161. The lowest BCUT2D eigenvalue weighted by atomic mass is 9.97. The molecule has 165 valence electrons. The number of carbonyl (C=O) groups excluding carboxylic acids is 1. The third-order valence-electron chi connectivity index (χ3n) is 5.91. The molecule has 5 rings (SSSR count). The van der Waals surface area contributed by atoms with Crippen LogP contribution in [0.4, 0.5) is 8.87 Å². The number of aliphatic imine (C=N–C) groups is 1. The van der Waals surface area contributed by atoms with E-state index in [2.05, 4.69) is 9.98 Å². The van der Waals surface area contributed by atoms with Gasteiger partial charge in [0.15, 0.2) is 6.20 Å². The number of aryl methyl sites for hydroxylation is 1. The molecule has 2 aromatic rings. The van der Waals surface area contributed by atoms with Crippen LogP contribution in [0, 0.1) is 12.7 Å². The summed E-state index contributed by atoms with van der Waals surface area (Å²) in [5, 5.41) is 1.40. The topological polar surface area (TPSA) is 54.7 Å². The number of amidine groups is 1. The van der Waals surface area contributed by atoms with Gasteiger partial charge in [-0.25, -0.2) is 9.37 Å². The molecule has 0 aliphatic carbocycles. The normalized spacial score (nSPS) is 20.9. The first-order chi connectivity index (χ1) is 15.5. The van der Waals surface area contributed by atoms with E-state index in [1.807, 2.05) is 18.0 Å². The standard InChI is InChI=1S/C23H23F2N5OS/c1-15-26-21(22(32-15)16-5-7-17(24)8-6-16)23(31)30-10-3-2-4-19(30)12-18-13-28-14-29(25)11-9-20(28)27-18/h5-9,11,13,19H,2-4,10,12,14H2,1H3/q+1/t19-/m0/s1. The molecule has 0 bridgehead atoms. The lowest BCUT2D eigenvalue weighted by Gasteiger charge is -2.35. The van der Waals surface area contributed by atoms with Gasteiger partial charge < -0.3 is 4.90 Å². The van der Waals surface area contributed by atoms with Crippen LogP contribution in [-0.4, -0.2) is 46.0 Å². The van der Waals surface area contributed by atoms with Gasteiger partial charge in [-0.1, -0.05) is 21.5 Å². The predicted molar refractivity (Wildman–Crippen MR) is 120 cm³/mol. The first-order valence-electron chi connectivity index (χ1n) is 10.7. The van der Waals surface area contributed by atoms with Crippen molar-refractivity contribution in [2.45, 2.75) is 38.6 Å². The van der Waals surface area contributed by atoms with Crippen molar-refractivity contribution in [1.82, 2.24) is 19.9 Å². The summed E-state index contributed by atoms with van der Waals surface area (Å²) in [6, 6.07) is 6.17. The molecule has 9 heteroatoms. The smallest absolute Gasteiger partial charge is 0.285 e. The number of benzene rings is 1. The summed E-state index contributed by atoms with van der Waals surface area (Å²) in [7, 11) is 0. The maximum atomic E-state index is 13.6. The molecular formula is C23H23F2N5OS+. The molecule has 3 aliphatic heterocycles. The Labute approximate surface area is 189 Å². The molecule has 32 heavy (non-hydrogen) atoms. The van der Waals surface area contributed by atoms with Crippen LogP contribution in [-0.2, 0) is 0 Å². The van der Waals surface area contributed by atoms with Crippen LogP contribution in [0.25, 0.3) is 10.4 Å². The average molecular weight is 456 g/mol. The van der Waals surface area contributed by atoms with Crippen LogP contribution in [0.5, 0.6) is 0 Å². The quantitative estimate of drug-likeness (QED) is 0.496. The van der Waals surface area contributed by atoms with Crippen molar-refractivity contribution in [1.29, 1.82) is 0 Å². The van der Waals surface area contributed by atoms with Gasteiger partial charge in [0, 0.05) is 31.3 Å². The summed E-state index contributed by atoms with van der Waals surface area (Å²) in [6.45, 7) is 2.65. The lowest BCUT2D eigenvalue weighted by Crippen LogP contribution is -2.44. The number of rotatable bonds is 4. The zero-order valence-corrected chi connectivity index (χ0v) is 18.5. The van der Waals surface area contributed by atoms with Gasteiger partial charge in [0.2, 0.25) is 6.67 Å². The molecule has 0 N–H and O–H groups in total. The van der Waals surface area contributed by atoms with Crippen LogP contribution in [0.2, 0.25) is 0 Å². The van der Waals surface area contributed by atoms with E-state index in [-0.39, 0.29) is 24.4 Å². The number of hydrogen-bond acceptors (Lipinski definition) is 6. The Morgan fingerprint density at radius 2 is 2.09 bits per heavy atom. The first-order valence-corrected chi connectivity index (χ1v) is 11.5. The third-order valence-corrected chi connectivity index (χ3v) is 6.93. The van der Waals surface area contributed by atoms with E-state index in [9.17, 15) is 13.7 Å². The molecule has 4 heterocycles. The van der Waals surface area contributed by atoms with Crippen molar-refractivity contribution in [2.75, 3.05) is 13.2 Å². The van der Waals surface area contributed by atoms with Crippen molar-refractivity contribution < 1.29 is 13.7 Å². The number of nitrogens with zero attached hydrogens (tertiary/aromatic N) is 5. The van der Waals surface area contributed by atoms with Crippen LogP contribution >= 0.6 is 11.3 Å². The van der Waals surface area contributed by atoms with E-state index in [1.54, 1.807) is 23.1 Å². The predicted octanol–water partition coefficient (Wildman–Crippen LogP) is 4.71. The molecule has 1 fully saturated rings. The molecule has 1 aromatic heterocycles. The van der Waals surface area contributed by atoms with E-state index in [1.165, 1.54) is 29.7 Å². The molecule has 0 spiro atoms. The molecule has 0 saturated carbocycles. The van der Waals surface area contributed by atoms with E-state index in [4.69, 9.17) is 0 Å². The number of aromatic nitrogens is 1. The Kier molecular flexibility index (Phi) is 5.60. The largest absolute Gasteiger partial charge is 0.334 e. The van der Waals surface area contributed by atoms with Crippen LogP contribution in [0.3, 0.4) is 0 Å².